The summed E-state index contributed by atoms with van der Waals surface area (Å²) in [5, 5.41) is 7.55. The van der Waals surface area contributed by atoms with Gasteiger partial charge in [0.1, 0.15) is 0 Å². The van der Waals surface area contributed by atoms with Gasteiger partial charge in [-0.15, -0.1) is 0 Å². The average molecular weight is 459 g/mol. The molecule has 0 aliphatic rings. The van der Waals surface area contributed by atoms with Crippen LogP contribution in [0.2, 0.25) is 0 Å². The molecule has 0 unspecified atom stereocenters. The summed E-state index contributed by atoms with van der Waals surface area (Å²) >= 11 is 3.89. The van der Waals surface area contributed by atoms with Crippen LogP contribution in [0.15, 0.2) is 120 Å². The lowest BCUT2D eigenvalue weighted by Crippen LogP contribution is -1.90. The van der Waals surface area contributed by atoms with Crippen molar-refractivity contribution in [3.63, 3.8) is 0 Å². The zero-order chi connectivity index (χ0) is 20.8. The molecule has 0 amide bonds. The Bertz CT molecular complexity index is 1520. The maximum absolute atomic E-state index is 3.89. The minimum Gasteiger partial charge on any atom is -0.0622 e. The highest BCUT2D eigenvalue weighted by Crippen LogP contribution is 2.44. The highest BCUT2D eigenvalue weighted by molar-refractivity contribution is 9.10. The topological polar surface area (TPSA) is 0 Å². The lowest BCUT2D eigenvalue weighted by Gasteiger charge is -2.17. The second kappa shape index (κ2) is 7.37. The van der Waals surface area contributed by atoms with Crippen LogP contribution >= 0.6 is 15.9 Å². The molecule has 6 rings (SSSR count). The molecule has 0 aromatic heterocycles. The molecule has 0 heterocycles. The van der Waals surface area contributed by atoms with E-state index in [2.05, 4.69) is 131 Å². The zero-order valence-electron chi connectivity index (χ0n) is 16.8. The van der Waals surface area contributed by atoms with Crippen molar-refractivity contribution in [3.05, 3.63) is 120 Å². The number of rotatable bonds is 2. The maximum atomic E-state index is 3.89. The Morgan fingerprint density at radius 1 is 0.419 bits per heavy atom. The van der Waals surface area contributed by atoms with E-state index < -0.39 is 0 Å². The van der Waals surface area contributed by atoms with Gasteiger partial charge in [0.25, 0.3) is 0 Å². The first kappa shape index (κ1) is 18.4. The van der Waals surface area contributed by atoms with E-state index in [0.29, 0.717) is 0 Å². The van der Waals surface area contributed by atoms with Gasteiger partial charge >= 0.3 is 0 Å². The normalized spacial score (nSPS) is 11.4. The second-order valence-corrected chi connectivity index (χ2v) is 8.68. The van der Waals surface area contributed by atoms with Crippen molar-refractivity contribution in [2.24, 2.45) is 0 Å². The Kier molecular flexibility index (Phi) is 4.36. The first-order valence-electron chi connectivity index (χ1n) is 10.5. The van der Waals surface area contributed by atoms with Gasteiger partial charge in [0, 0.05) is 4.47 Å². The van der Waals surface area contributed by atoms with Crippen LogP contribution in [0.25, 0.3) is 54.6 Å². The van der Waals surface area contributed by atoms with E-state index in [1.54, 1.807) is 0 Å². The van der Waals surface area contributed by atoms with E-state index in [0.717, 1.165) is 4.47 Å². The molecule has 1 heteroatoms. The third kappa shape index (κ3) is 2.97. The van der Waals surface area contributed by atoms with Crippen LogP contribution < -0.4 is 0 Å². The Hall–Kier alpha value is -3.42. The second-order valence-electron chi connectivity index (χ2n) is 7.89. The van der Waals surface area contributed by atoms with Crippen molar-refractivity contribution in [3.8, 4) is 22.3 Å². The molecule has 0 nitrogen and oxygen atoms in total. The summed E-state index contributed by atoms with van der Waals surface area (Å²) in [5.74, 6) is 0. The smallest absolute Gasteiger partial charge is 0.0332 e. The highest BCUT2D eigenvalue weighted by atomic mass is 79.9. The summed E-state index contributed by atoms with van der Waals surface area (Å²) in [6.45, 7) is 0. The Morgan fingerprint density at radius 2 is 0.935 bits per heavy atom. The van der Waals surface area contributed by atoms with Crippen molar-refractivity contribution in [1.29, 1.82) is 0 Å². The van der Waals surface area contributed by atoms with Gasteiger partial charge in [0.2, 0.25) is 0 Å². The molecule has 146 valence electrons. The number of benzene rings is 6. The summed E-state index contributed by atoms with van der Waals surface area (Å²) in [4.78, 5) is 0. The molecule has 6 aromatic rings. The molecule has 0 aliphatic heterocycles. The molecular formula is C30H19Br. The van der Waals surface area contributed by atoms with Gasteiger partial charge in [-0.25, -0.2) is 0 Å². The minimum absolute atomic E-state index is 1.16. The predicted molar refractivity (Wildman–Crippen MR) is 138 cm³/mol. The monoisotopic (exact) mass is 458 g/mol. The standard InChI is InChI=1S/C30H19Br/c31-30-26-16-8-6-14-24(26)29(25-15-7-9-17-27(25)30)28-19-22(20-10-2-1-3-11-20)18-21-12-4-5-13-23(21)28/h1-19H. The fourth-order valence-corrected chi connectivity index (χ4v) is 5.37. The van der Waals surface area contributed by atoms with Gasteiger partial charge in [-0.05, 0) is 82.6 Å². The SMILES string of the molecule is Brc1c2ccccc2c(-c2cc(-c3ccccc3)cc3ccccc23)c2ccccc12. The van der Waals surface area contributed by atoms with Crippen molar-refractivity contribution in [2.75, 3.05) is 0 Å². The predicted octanol–water partition coefficient (Wildman–Crippen LogP) is 9.24. The van der Waals surface area contributed by atoms with Crippen molar-refractivity contribution < 1.29 is 0 Å². The molecule has 0 atom stereocenters. The summed E-state index contributed by atoms with van der Waals surface area (Å²) in [7, 11) is 0. The van der Waals surface area contributed by atoms with E-state index in [1.165, 1.54) is 54.6 Å². The number of hydrogen-bond donors (Lipinski definition) is 0. The molecule has 0 saturated carbocycles. The van der Waals surface area contributed by atoms with Crippen LogP contribution in [-0.4, -0.2) is 0 Å². The molecule has 0 fully saturated rings. The summed E-state index contributed by atoms with van der Waals surface area (Å²) in [5.41, 5.74) is 5.05. The Balaban J connectivity index is 1.82. The molecule has 31 heavy (non-hydrogen) atoms. The summed E-state index contributed by atoms with van der Waals surface area (Å²) in [6, 6.07) is 41.4. The van der Waals surface area contributed by atoms with Gasteiger partial charge in [0.15, 0.2) is 0 Å². The van der Waals surface area contributed by atoms with Crippen molar-refractivity contribution in [2.45, 2.75) is 0 Å². The minimum atomic E-state index is 1.16. The lowest BCUT2D eigenvalue weighted by atomic mass is 9.87. The van der Waals surface area contributed by atoms with Crippen LogP contribution in [0.1, 0.15) is 0 Å². The molecular weight excluding hydrogens is 440 g/mol. The first-order chi connectivity index (χ1) is 15.3. The van der Waals surface area contributed by atoms with Crippen LogP contribution in [-0.2, 0) is 0 Å². The van der Waals surface area contributed by atoms with Crippen molar-refractivity contribution >= 4 is 48.2 Å². The van der Waals surface area contributed by atoms with Crippen LogP contribution in [0, 0.1) is 0 Å². The largest absolute Gasteiger partial charge is 0.0622 e. The molecule has 6 aromatic carbocycles. The van der Waals surface area contributed by atoms with Gasteiger partial charge in [-0.1, -0.05) is 103 Å². The molecule has 0 saturated heterocycles. The zero-order valence-corrected chi connectivity index (χ0v) is 18.4. The molecule has 0 N–H and O–H groups in total. The molecule has 0 spiro atoms. The van der Waals surface area contributed by atoms with Crippen LogP contribution in [0.5, 0.6) is 0 Å². The van der Waals surface area contributed by atoms with E-state index in [-0.39, 0.29) is 0 Å². The maximum Gasteiger partial charge on any atom is 0.0332 e. The average Bonchev–Trinajstić information content (AvgIpc) is 2.84. The Labute approximate surface area is 189 Å². The van der Waals surface area contributed by atoms with Gasteiger partial charge < -0.3 is 0 Å². The van der Waals surface area contributed by atoms with Gasteiger partial charge in [0.05, 0.1) is 0 Å². The van der Waals surface area contributed by atoms with E-state index >= 15 is 0 Å². The lowest BCUT2D eigenvalue weighted by molar-refractivity contribution is 1.63. The third-order valence-corrected chi connectivity index (χ3v) is 6.96. The fourth-order valence-electron chi connectivity index (χ4n) is 4.68. The summed E-state index contributed by atoms with van der Waals surface area (Å²) < 4.78 is 1.16. The number of fused-ring (bicyclic) bond motifs is 3. The van der Waals surface area contributed by atoms with E-state index in [9.17, 15) is 0 Å². The number of hydrogen-bond acceptors (Lipinski definition) is 0. The van der Waals surface area contributed by atoms with E-state index in [4.69, 9.17) is 0 Å². The third-order valence-electron chi connectivity index (χ3n) is 6.10. The molecule has 0 aliphatic carbocycles. The van der Waals surface area contributed by atoms with Crippen molar-refractivity contribution in [1.82, 2.24) is 0 Å². The first-order valence-corrected chi connectivity index (χ1v) is 11.3. The van der Waals surface area contributed by atoms with Gasteiger partial charge in [-0.2, -0.15) is 0 Å². The van der Waals surface area contributed by atoms with Gasteiger partial charge in [-0.3, -0.25) is 0 Å². The van der Waals surface area contributed by atoms with Crippen LogP contribution in [0.3, 0.4) is 0 Å². The summed E-state index contributed by atoms with van der Waals surface area (Å²) in [6.07, 6.45) is 0. The van der Waals surface area contributed by atoms with Crippen LogP contribution in [0.4, 0.5) is 0 Å². The quantitative estimate of drug-likeness (QED) is 0.226. The highest BCUT2D eigenvalue weighted by Gasteiger charge is 2.16. The Morgan fingerprint density at radius 3 is 1.58 bits per heavy atom. The van der Waals surface area contributed by atoms with E-state index in [1.807, 2.05) is 0 Å². The number of halogens is 1. The fraction of sp³-hybridized carbons (Fsp3) is 0. The molecule has 0 bridgehead atoms. The molecule has 0 radical (unpaired) electrons.